The lowest BCUT2D eigenvalue weighted by atomic mass is 10.1. The van der Waals surface area contributed by atoms with Crippen LogP contribution in [0, 0.1) is 18.6 Å². The van der Waals surface area contributed by atoms with Crippen LogP contribution < -0.4 is 20.1 Å². The van der Waals surface area contributed by atoms with E-state index >= 15 is 0 Å². The van der Waals surface area contributed by atoms with Gasteiger partial charge < -0.3 is 14.4 Å². The molecule has 0 radical (unpaired) electrons. The van der Waals surface area contributed by atoms with E-state index in [0.717, 1.165) is 17.8 Å². The molecule has 1 aliphatic heterocycles. The number of rotatable bonds is 5. The second-order valence-corrected chi connectivity index (χ2v) is 8.11. The van der Waals surface area contributed by atoms with Crippen LogP contribution in [-0.2, 0) is 13.2 Å². The normalized spacial score (nSPS) is 14.5. The SMILES string of the molecule is Cc1ccc(Oc2c(F)cc(COc3cc4n(c(=O)n3)CC(C)(C)N4C)cc2F)cn1. The molecule has 0 fully saturated rings. The lowest BCUT2D eigenvalue weighted by molar-refractivity contribution is 0.289. The highest BCUT2D eigenvalue weighted by Crippen LogP contribution is 2.32. The molecule has 3 aromatic rings. The number of halogens is 2. The monoisotopic (exact) mass is 428 g/mol. The predicted octanol–water partition coefficient (Wildman–Crippen LogP) is 3.82. The zero-order valence-corrected chi connectivity index (χ0v) is 17.6. The number of hydrogen-bond donors (Lipinski definition) is 0. The first kappa shape index (κ1) is 20.8. The van der Waals surface area contributed by atoms with Crippen LogP contribution in [0.1, 0.15) is 25.1 Å². The van der Waals surface area contributed by atoms with Gasteiger partial charge in [-0.1, -0.05) is 0 Å². The second kappa shape index (κ2) is 7.64. The maximum atomic E-state index is 14.5. The topological polar surface area (TPSA) is 69.5 Å². The number of anilines is 1. The molecule has 4 rings (SSSR count). The van der Waals surface area contributed by atoms with Crippen molar-refractivity contribution in [2.45, 2.75) is 39.5 Å². The highest BCUT2D eigenvalue weighted by atomic mass is 19.1. The van der Waals surface area contributed by atoms with E-state index in [-0.39, 0.29) is 29.3 Å². The van der Waals surface area contributed by atoms with Gasteiger partial charge in [0, 0.05) is 18.8 Å². The Morgan fingerprint density at radius 1 is 1.16 bits per heavy atom. The van der Waals surface area contributed by atoms with Gasteiger partial charge in [0.05, 0.1) is 18.3 Å². The Hall–Kier alpha value is -3.49. The Balaban J connectivity index is 1.51. The van der Waals surface area contributed by atoms with Gasteiger partial charge in [-0.05, 0) is 50.6 Å². The average molecular weight is 428 g/mol. The van der Waals surface area contributed by atoms with Gasteiger partial charge in [0.2, 0.25) is 5.88 Å². The molecule has 0 amide bonds. The number of ether oxygens (including phenoxy) is 2. The molecule has 2 aromatic heterocycles. The second-order valence-electron chi connectivity index (χ2n) is 8.11. The summed E-state index contributed by atoms with van der Waals surface area (Å²) >= 11 is 0. The molecule has 0 saturated heterocycles. The number of nitrogens with zero attached hydrogens (tertiary/aromatic N) is 4. The summed E-state index contributed by atoms with van der Waals surface area (Å²) in [6.07, 6.45) is 1.39. The molecule has 0 atom stereocenters. The summed E-state index contributed by atoms with van der Waals surface area (Å²) in [5, 5.41) is 0. The summed E-state index contributed by atoms with van der Waals surface area (Å²) in [5.74, 6) is -1.28. The molecule has 3 heterocycles. The van der Waals surface area contributed by atoms with Crippen LogP contribution in [0.25, 0.3) is 0 Å². The van der Waals surface area contributed by atoms with Crippen molar-refractivity contribution >= 4 is 5.82 Å². The van der Waals surface area contributed by atoms with Gasteiger partial charge in [-0.15, -0.1) is 0 Å². The Morgan fingerprint density at radius 3 is 2.52 bits per heavy atom. The van der Waals surface area contributed by atoms with E-state index in [1.165, 1.54) is 6.20 Å². The van der Waals surface area contributed by atoms with E-state index in [4.69, 9.17) is 9.47 Å². The third kappa shape index (κ3) is 4.08. The summed E-state index contributed by atoms with van der Waals surface area (Å²) in [6, 6.07) is 7.14. The fourth-order valence-corrected chi connectivity index (χ4v) is 3.36. The van der Waals surface area contributed by atoms with Crippen molar-refractivity contribution in [1.29, 1.82) is 0 Å². The van der Waals surface area contributed by atoms with E-state index in [2.05, 4.69) is 9.97 Å². The number of hydrogen-bond acceptors (Lipinski definition) is 6. The van der Waals surface area contributed by atoms with E-state index < -0.39 is 23.1 Å². The van der Waals surface area contributed by atoms with Gasteiger partial charge in [0.25, 0.3) is 0 Å². The molecule has 0 aliphatic carbocycles. The van der Waals surface area contributed by atoms with E-state index in [1.807, 2.05) is 25.8 Å². The molecule has 1 aromatic carbocycles. The van der Waals surface area contributed by atoms with Crippen LogP contribution >= 0.6 is 0 Å². The Morgan fingerprint density at radius 2 is 1.87 bits per heavy atom. The van der Waals surface area contributed by atoms with E-state index in [1.54, 1.807) is 29.7 Å². The Bertz CT molecular complexity index is 1170. The van der Waals surface area contributed by atoms with Crippen LogP contribution in [0.2, 0.25) is 0 Å². The standard InChI is InChI=1S/C22H22F2N4O3/c1-13-5-6-15(10-25-13)31-20-16(23)7-14(8-17(20)24)11-30-18-9-19-27(4)22(2,3)12-28(19)21(29)26-18/h5-10H,11-12H2,1-4H3. The quantitative estimate of drug-likeness (QED) is 0.615. The maximum Gasteiger partial charge on any atom is 0.352 e. The molecule has 162 valence electrons. The molecule has 7 nitrogen and oxygen atoms in total. The number of aryl methyl sites for hydroxylation is 1. The largest absolute Gasteiger partial charge is 0.473 e. The van der Waals surface area contributed by atoms with Crippen LogP contribution in [0.15, 0.2) is 41.3 Å². The van der Waals surface area contributed by atoms with Crippen molar-refractivity contribution in [1.82, 2.24) is 14.5 Å². The van der Waals surface area contributed by atoms with Crippen LogP contribution in [0.5, 0.6) is 17.4 Å². The molecule has 0 N–H and O–H groups in total. The molecule has 0 unspecified atom stereocenters. The van der Waals surface area contributed by atoms with Crippen molar-refractivity contribution in [2.24, 2.45) is 0 Å². The van der Waals surface area contributed by atoms with Crippen molar-refractivity contribution in [3.8, 4) is 17.4 Å². The number of aromatic nitrogens is 3. The average Bonchev–Trinajstić information content (AvgIpc) is 2.94. The molecule has 0 spiro atoms. The lowest BCUT2D eigenvalue weighted by Gasteiger charge is -2.28. The Kier molecular flexibility index (Phi) is 5.12. The first-order chi connectivity index (χ1) is 14.6. The van der Waals surface area contributed by atoms with Crippen molar-refractivity contribution in [3.63, 3.8) is 0 Å². The van der Waals surface area contributed by atoms with E-state index in [9.17, 15) is 13.6 Å². The summed E-state index contributed by atoms with van der Waals surface area (Å²) in [6.45, 7) is 6.18. The van der Waals surface area contributed by atoms with Crippen molar-refractivity contribution < 1.29 is 18.3 Å². The van der Waals surface area contributed by atoms with Crippen molar-refractivity contribution in [3.05, 3.63) is 69.9 Å². The zero-order valence-electron chi connectivity index (χ0n) is 17.6. The van der Waals surface area contributed by atoms with Gasteiger partial charge in [0.15, 0.2) is 17.4 Å². The first-order valence-corrected chi connectivity index (χ1v) is 9.71. The van der Waals surface area contributed by atoms with Crippen LogP contribution in [0.4, 0.5) is 14.6 Å². The van der Waals surface area contributed by atoms with Gasteiger partial charge in [-0.2, -0.15) is 4.98 Å². The van der Waals surface area contributed by atoms with Crippen molar-refractivity contribution in [2.75, 3.05) is 11.9 Å². The molecular formula is C22H22F2N4O3. The highest BCUT2D eigenvalue weighted by molar-refractivity contribution is 5.48. The minimum atomic E-state index is -0.873. The number of fused-ring (bicyclic) bond motifs is 1. The van der Waals surface area contributed by atoms with Gasteiger partial charge in [0.1, 0.15) is 18.2 Å². The lowest BCUT2D eigenvalue weighted by Crippen LogP contribution is -2.38. The first-order valence-electron chi connectivity index (χ1n) is 9.71. The molecule has 9 heteroatoms. The molecule has 0 saturated carbocycles. The summed E-state index contributed by atoms with van der Waals surface area (Å²) < 4.78 is 41.4. The molecule has 0 bridgehead atoms. The minimum absolute atomic E-state index is 0.0904. The summed E-state index contributed by atoms with van der Waals surface area (Å²) in [5.41, 5.74) is 0.329. The fourth-order valence-electron chi connectivity index (χ4n) is 3.36. The number of benzene rings is 1. The van der Waals surface area contributed by atoms with Gasteiger partial charge >= 0.3 is 5.69 Å². The van der Waals surface area contributed by atoms with Crippen LogP contribution in [0.3, 0.4) is 0 Å². The number of pyridine rings is 1. The zero-order chi connectivity index (χ0) is 22.3. The highest BCUT2D eigenvalue weighted by Gasteiger charge is 2.34. The maximum absolute atomic E-state index is 14.5. The third-order valence-corrected chi connectivity index (χ3v) is 5.31. The summed E-state index contributed by atoms with van der Waals surface area (Å²) in [4.78, 5) is 22.3. The van der Waals surface area contributed by atoms with E-state index in [0.29, 0.717) is 12.4 Å². The third-order valence-electron chi connectivity index (χ3n) is 5.31. The molecule has 31 heavy (non-hydrogen) atoms. The molecule has 1 aliphatic rings. The van der Waals surface area contributed by atoms with Crippen LogP contribution in [-0.4, -0.2) is 27.1 Å². The molecular weight excluding hydrogens is 406 g/mol. The smallest absolute Gasteiger partial charge is 0.352 e. The predicted molar refractivity (Wildman–Crippen MR) is 111 cm³/mol. The van der Waals surface area contributed by atoms with Gasteiger partial charge in [-0.25, -0.2) is 13.6 Å². The van der Waals surface area contributed by atoms with Gasteiger partial charge in [-0.3, -0.25) is 9.55 Å². The number of likely N-dealkylation sites (N-methyl/N-ethyl adjacent to an activating group) is 1. The fraction of sp³-hybridized carbons (Fsp3) is 0.318. The summed E-state index contributed by atoms with van der Waals surface area (Å²) in [7, 11) is 1.88. The minimum Gasteiger partial charge on any atom is -0.473 e. The Labute approximate surface area is 177 Å².